The highest BCUT2D eigenvalue weighted by Crippen LogP contribution is 2.36. The van der Waals surface area contributed by atoms with Crippen LogP contribution in [0.5, 0.6) is 0 Å². The van der Waals surface area contributed by atoms with Gasteiger partial charge in [-0.2, -0.15) is 0 Å². The summed E-state index contributed by atoms with van der Waals surface area (Å²) in [5, 5.41) is 10.7. The van der Waals surface area contributed by atoms with E-state index in [0.717, 1.165) is 16.7 Å². The summed E-state index contributed by atoms with van der Waals surface area (Å²) in [7, 11) is 0. The minimum absolute atomic E-state index is 0.121. The summed E-state index contributed by atoms with van der Waals surface area (Å²) in [5.41, 5.74) is 1.57. The van der Waals surface area contributed by atoms with E-state index in [1.165, 1.54) is 6.08 Å². The number of aliphatic carboxylic acids is 1. The van der Waals surface area contributed by atoms with Gasteiger partial charge < -0.3 is 5.11 Å². The number of ketones is 1. The molecule has 3 nitrogen and oxygen atoms in total. The lowest BCUT2D eigenvalue weighted by Crippen LogP contribution is -2.35. The molecule has 0 amide bonds. The van der Waals surface area contributed by atoms with Gasteiger partial charge >= 0.3 is 5.97 Å². The zero-order valence-corrected chi connectivity index (χ0v) is 19.5. The van der Waals surface area contributed by atoms with Crippen LogP contribution in [0.25, 0.3) is 12.2 Å². The van der Waals surface area contributed by atoms with Crippen molar-refractivity contribution in [2.75, 3.05) is 0 Å². The molecule has 0 heterocycles. The molecule has 33 heavy (non-hydrogen) atoms. The van der Waals surface area contributed by atoms with Crippen molar-refractivity contribution >= 4 is 47.1 Å². The van der Waals surface area contributed by atoms with Gasteiger partial charge in [0, 0.05) is 16.5 Å². The number of halogens is 2. The third-order valence-electron chi connectivity index (χ3n) is 5.51. The Bertz CT molecular complexity index is 1130. The number of hydrogen-bond donors (Lipinski definition) is 1. The normalized spacial score (nSPS) is 13.3. The number of allylic oxidation sites excluding steroid dienone is 2. The number of carboxylic acids is 1. The summed E-state index contributed by atoms with van der Waals surface area (Å²) < 4.78 is 0. The van der Waals surface area contributed by atoms with Crippen LogP contribution in [-0.2, 0) is 15.0 Å². The van der Waals surface area contributed by atoms with Gasteiger partial charge in [-0.15, -0.1) is 0 Å². The first-order valence-corrected chi connectivity index (χ1v) is 11.3. The number of rotatable bonds is 10. The predicted octanol–water partition coefficient (Wildman–Crippen LogP) is 7.48. The quantitative estimate of drug-likeness (QED) is 0.307. The Kier molecular flexibility index (Phi) is 8.65. The summed E-state index contributed by atoms with van der Waals surface area (Å²) in [5.74, 6) is -1.09. The minimum atomic E-state index is -1.01. The lowest BCUT2D eigenvalue weighted by Gasteiger charge is -2.31. The fraction of sp³-hybridized carbons (Fsp3) is 0.143. The number of benzene rings is 3. The summed E-state index contributed by atoms with van der Waals surface area (Å²) >= 11 is 11.9. The highest BCUT2D eigenvalue weighted by atomic mass is 35.5. The summed E-state index contributed by atoms with van der Waals surface area (Å²) in [6.45, 7) is 0. The van der Waals surface area contributed by atoms with Crippen molar-refractivity contribution < 1.29 is 14.7 Å². The Labute approximate surface area is 204 Å². The van der Waals surface area contributed by atoms with Crippen LogP contribution in [0.4, 0.5) is 0 Å². The van der Waals surface area contributed by atoms with Gasteiger partial charge in [0.05, 0.1) is 5.41 Å². The molecule has 0 aliphatic heterocycles. The molecule has 0 aliphatic carbocycles. The van der Waals surface area contributed by atoms with Gasteiger partial charge in [0.1, 0.15) is 0 Å². The Morgan fingerprint density at radius 3 is 1.88 bits per heavy atom. The Morgan fingerprint density at radius 1 is 0.788 bits per heavy atom. The zero-order chi connectivity index (χ0) is 23.7. The predicted molar refractivity (Wildman–Crippen MR) is 136 cm³/mol. The number of carboxylic acid groups (broad SMARTS) is 1. The van der Waals surface area contributed by atoms with E-state index in [9.17, 15) is 14.7 Å². The van der Waals surface area contributed by atoms with Crippen molar-refractivity contribution in [2.24, 2.45) is 0 Å². The van der Waals surface area contributed by atoms with Gasteiger partial charge in [-0.25, -0.2) is 0 Å². The molecule has 3 aromatic rings. The minimum Gasteiger partial charge on any atom is -0.481 e. The number of carbonyl (C=O) groups excluding carboxylic acids is 1. The number of hydrogen-bond acceptors (Lipinski definition) is 2. The maximum absolute atomic E-state index is 13.6. The lowest BCUT2D eigenvalue weighted by atomic mass is 9.70. The largest absolute Gasteiger partial charge is 0.481 e. The fourth-order valence-corrected chi connectivity index (χ4v) is 3.94. The molecule has 1 N–H and O–H groups in total. The zero-order valence-electron chi connectivity index (χ0n) is 18.0. The van der Waals surface area contributed by atoms with Crippen LogP contribution in [0.1, 0.15) is 36.0 Å². The maximum atomic E-state index is 13.6. The molecule has 168 valence electrons. The van der Waals surface area contributed by atoms with E-state index in [1.807, 2.05) is 66.7 Å². The molecular weight excluding hydrogens is 455 g/mol. The van der Waals surface area contributed by atoms with Crippen LogP contribution in [0.2, 0.25) is 10.0 Å². The molecule has 3 rings (SSSR count). The summed E-state index contributed by atoms with van der Waals surface area (Å²) in [6.07, 6.45) is 7.54. The van der Waals surface area contributed by atoms with Crippen LogP contribution < -0.4 is 0 Å². The van der Waals surface area contributed by atoms with Gasteiger partial charge in [0.15, 0.2) is 5.78 Å². The second kappa shape index (κ2) is 11.6. The molecule has 1 unspecified atom stereocenters. The molecule has 3 aromatic carbocycles. The van der Waals surface area contributed by atoms with Crippen molar-refractivity contribution in [3.63, 3.8) is 0 Å². The van der Waals surface area contributed by atoms with E-state index in [0.29, 0.717) is 16.5 Å². The molecule has 0 fully saturated rings. The first kappa shape index (κ1) is 24.5. The van der Waals surface area contributed by atoms with Crippen molar-refractivity contribution in [3.8, 4) is 0 Å². The fourth-order valence-electron chi connectivity index (χ4n) is 3.68. The molecule has 0 saturated carbocycles. The Morgan fingerprint density at radius 2 is 1.33 bits per heavy atom. The highest BCUT2D eigenvalue weighted by Gasteiger charge is 2.37. The van der Waals surface area contributed by atoms with E-state index >= 15 is 0 Å². The summed E-state index contributed by atoms with van der Waals surface area (Å²) in [6, 6.07) is 23.9. The second-order valence-electron chi connectivity index (χ2n) is 7.75. The van der Waals surface area contributed by atoms with Gasteiger partial charge in [0.25, 0.3) is 0 Å². The van der Waals surface area contributed by atoms with Gasteiger partial charge in [0.2, 0.25) is 0 Å². The average molecular weight is 479 g/mol. The van der Waals surface area contributed by atoms with Gasteiger partial charge in [-0.1, -0.05) is 96.0 Å². The van der Waals surface area contributed by atoms with E-state index in [1.54, 1.807) is 30.3 Å². The van der Waals surface area contributed by atoms with Crippen LogP contribution >= 0.6 is 23.2 Å². The van der Waals surface area contributed by atoms with Crippen molar-refractivity contribution in [1.82, 2.24) is 0 Å². The lowest BCUT2D eigenvalue weighted by molar-refractivity contribution is -0.137. The molecular formula is C28H24Cl2O3. The highest BCUT2D eigenvalue weighted by molar-refractivity contribution is 6.30. The molecule has 1 atom stereocenters. The van der Waals surface area contributed by atoms with Crippen molar-refractivity contribution in [3.05, 3.63) is 118 Å². The van der Waals surface area contributed by atoms with E-state index in [-0.39, 0.29) is 18.6 Å². The molecule has 0 saturated heterocycles. The van der Waals surface area contributed by atoms with E-state index in [4.69, 9.17) is 23.2 Å². The topological polar surface area (TPSA) is 54.4 Å². The number of carbonyl (C=O) groups is 2. The van der Waals surface area contributed by atoms with Crippen LogP contribution in [-0.4, -0.2) is 16.9 Å². The third kappa shape index (κ3) is 6.92. The van der Waals surface area contributed by atoms with E-state index in [2.05, 4.69) is 0 Å². The summed E-state index contributed by atoms with van der Waals surface area (Å²) in [4.78, 5) is 25.1. The first-order chi connectivity index (χ1) is 15.9. The Hall–Kier alpha value is -3.14. The SMILES string of the molecule is O=C(O)CCC(C/C=C/c1ccc(Cl)cc1)(C(=O)C=Cc1ccc(Cl)cc1)c1ccccc1. The standard InChI is InChI=1S/C28H24Cl2O3/c29-24-13-8-21(9-14-24)5-4-19-28(20-18-27(32)33,23-6-2-1-3-7-23)26(31)17-12-22-10-15-25(30)16-11-22/h1-17H,18-20H2,(H,32,33)/b5-4+,17-12?. The monoisotopic (exact) mass is 478 g/mol. The molecule has 5 heteroatoms. The van der Waals surface area contributed by atoms with Crippen LogP contribution in [0.3, 0.4) is 0 Å². The maximum Gasteiger partial charge on any atom is 0.303 e. The van der Waals surface area contributed by atoms with E-state index < -0.39 is 11.4 Å². The molecule has 0 radical (unpaired) electrons. The van der Waals surface area contributed by atoms with Gasteiger partial charge in [-0.05, 0) is 59.9 Å². The second-order valence-corrected chi connectivity index (χ2v) is 8.62. The molecule has 0 spiro atoms. The first-order valence-electron chi connectivity index (χ1n) is 10.6. The van der Waals surface area contributed by atoms with Crippen molar-refractivity contribution in [1.29, 1.82) is 0 Å². The molecule has 0 bridgehead atoms. The molecule has 0 aliphatic rings. The van der Waals surface area contributed by atoms with Crippen LogP contribution in [0.15, 0.2) is 91.0 Å². The average Bonchev–Trinajstić information content (AvgIpc) is 2.82. The Balaban J connectivity index is 1.97. The smallest absolute Gasteiger partial charge is 0.303 e. The van der Waals surface area contributed by atoms with Gasteiger partial charge in [-0.3, -0.25) is 9.59 Å². The van der Waals surface area contributed by atoms with Crippen LogP contribution in [0, 0.1) is 0 Å². The van der Waals surface area contributed by atoms with Crippen molar-refractivity contribution in [2.45, 2.75) is 24.7 Å². The molecule has 0 aromatic heterocycles. The third-order valence-corrected chi connectivity index (χ3v) is 6.01.